The Balaban J connectivity index is 1.88. The summed E-state index contributed by atoms with van der Waals surface area (Å²) >= 11 is 0. The van der Waals surface area contributed by atoms with Crippen molar-refractivity contribution in [1.82, 2.24) is 10.6 Å². The Morgan fingerprint density at radius 3 is 2.27 bits per heavy atom. The zero-order valence-electron chi connectivity index (χ0n) is 16.7. The van der Waals surface area contributed by atoms with E-state index >= 15 is 0 Å². The summed E-state index contributed by atoms with van der Waals surface area (Å²) in [6.45, 7) is 8.47. The number of carbonyl (C=O) groups is 2. The Bertz CT molecular complexity index is 589. The van der Waals surface area contributed by atoms with Gasteiger partial charge in [0.25, 0.3) is 0 Å². The molecule has 1 fully saturated rings. The van der Waals surface area contributed by atoms with E-state index < -0.39 is 0 Å². The van der Waals surface area contributed by atoms with E-state index in [9.17, 15) is 9.59 Å². The predicted molar refractivity (Wildman–Crippen MR) is 106 cm³/mol. The number of hydrogen-bond donors (Lipinski definition) is 2. The third-order valence-electron chi connectivity index (χ3n) is 6.08. The first kappa shape index (κ1) is 20.5. The van der Waals surface area contributed by atoms with E-state index in [0.29, 0.717) is 5.41 Å². The number of carbonyl (C=O) groups excluding carboxylic acids is 2. The third kappa shape index (κ3) is 5.86. The Labute approximate surface area is 158 Å². The lowest BCUT2D eigenvalue weighted by atomic mass is 9.69. The molecule has 144 valence electrons. The fourth-order valence-corrected chi connectivity index (χ4v) is 3.96. The number of rotatable bonds is 7. The Hall–Kier alpha value is -1.84. The Kier molecular flexibility index (Phi) is 7.24. The first-order valence-electron chi connectivity index (χ1n) is 9.93. The second kappa shape index (κ2) is 9.20. The molecule has 1 aliphatic carbocycles. The average Bonchev–Trinajstić information content (AvgIpc) is 2.62. The van der Waals surface area contributed by atoms with Crippen molar-refractivity contribution in [3.05, 3.63) is 35.9 Å². The van der Waals surface area contributed by atoms with Crippen LogP contribution >= 0.6 is 0 Å². The molecule has 2 N–H and O–H groups in total. The molecule has 1 aliphatic rings. The Morgan fingerprint density at radius 1 is 1.12 bits per heavy atom. The van der Waals surface area contributed by atoms with E-state index in [1.807, 2.05) is 30.3 Å². The van der Waals surface area contributed by atoms with Gasteiger partial charge in [0.1, 0.15) is 0 Å². The van der Waals surface area contributed by atoms with Crippen LogP contribution in [0, 0.1) is 11.3 Å². The zero-order valence-corrected chi connectivity index (χ0v) is 16.7. The normalized spacial score (nSPS) is 21.7. The minimum Gasteiger partial charge on any atom is -0.353 e. The summed E-state index contributed by atoms with van der Waals surface area (Å²) in [5, 5.41) is 6.09. The van der Waals surface area contributed by atoms with Crippen molar-refractivity contribution in [2.24, 2.45) is 11.3 Å². The quantitative estimate of drug-likeness (QED) is 0.760. The van der Waals surface area contributed by atoms with Crippen molar-refractivity contribution in [3.8, 4) is 0 Å². The van der Waals surface area contributed by atoms with Gasteiger partial charge in [0, 0.05) is 13.0 Å². The molecule has 4 nitrogen and oxygen atoms in total. The van der Waals surface area contributed by atoms with Gasteiger partial charge in [-0.25, -0.2) is 0 Å². The van der Waals surface area contributed by atoms with Crippen LogP contribution in [0.15, 0.2) is 30.3 Å². The molecule has 0 aromatic heterocycles. The second-order valence-electron chi connectivity index (χ2n) is 8.33. The van der Waals surface area contributed by atoms with Crippen LogP contribution in [0.4, 0.5) is 0 Å². The van der Waals surface area contributed by atoms with E-state index in [1.165, 1.54) is 26.2 Å². The minimum atomic E-state index is -0.274. The van der Waals surface area contributed by atoms with Gasteiger partial charge in [-0.3, -0.25) is 9.59 Å². The summed E-state index contributed by atoms with van der Waals surface area (Å²) < 4.78 is 0. The first-order valence-corrected chi connectivity index (χ1v) is 9.93. The molecule has 1 aromatic rings. The molecular weight excluding hydrogens is 324 g/mol. The number of amides is 2. The molecule has 0 spiro atoms. The van der Waals surface area contributed by atoms with Gasteiger partial charge in [0.2, 0.25) is 11.8 Å². The lowest BCUT2D eigenvalue weighted by Gasteiger charge is -2.39. The van der Waals surface area contributed by atoms with Crippen molar-refractivity contribution >= 4 is 11.8 Å². The van der Waals surface area contributed by atoms with Gasteiger partial charge in [0.05, 0.1) is 12.5 Å². The molecule has 2 amide bonds. The zero-order chi connectivity index (χ0) is 19.2. The summed E-state index contributed by atoms with van der Waals surface area (Å²) in [4.78, 5) is 24.1. The molecule has 0 heterocycles. The van der Waals surface area contributed by atoms with E-state index in [0.717, 1.165) is 24.3 Å². The molecule has 0 aliphatic heterocycles. The lowest BCUT2D eigenvalue weighted by Crippen LogP contribution is -2.41. The van der Waals surface area contributed by atoms with Gasteiger partial charge in [-0.05, 0) is 42.6 Å². The third-order valence-corrected chi connectivity index (χ3v) is 6.08. The van der Waals surface area contributed by atoms with Crippen LogP contribution in [0.2, 0.25) is 0 Å². The molecule has 0 radical (unpaired) electrons. The van der Waals surface area contributed by atoms with Crippen LogP contribution in [0.3, 0.4) is 0 Å². The summed E-state index contributed by atoms with van der Waals surface area (Å²) in [5.74, 6) is 0.650. The number of benzene rings is 1. The predicted octanol–water partition coefficient (Wildman–Crippen LogP) is 4.37. The first-order chi connectivity index (χ1) is 12.3. The van der Waals surface area contributed by atoms with E-state index in [-0.39, 0.29) is 30.3 Å². The average molecular weight is 359 g/mol. The summed E-state index contributed by atoms with van der Waals surface area (Å²) in [7, 11) is 0. The molecule has 1 atom stereocenters. The maximum atomic E-state index is 12.5. The second-order valence-corrected chi connectivity index (χ2v) is 8.33. The molecule has 0 unspecified atom stereocenters. The van der Waals surface area contributed by atoms with Crippen LogP contribution in [0.25, 0.3) is 0 Å². The van der Waals surface area contributed by atoms with Gasteiger partial charge in [0.15, 0.2) is 0 Å². The summed E-state index contributed by atoms with van der Waals surface area (Å²) in [6.07, 6.45) is 5.94. The van der Waals surface area contributed by atoms with Gasteiger partial charge in [-0.2, -0.15) is 0 Å². The monoisotopic (exact) mass is 358 g/mol. The maximum Gasteiger partial charge on any atom is 0.222 e. The molecule has 26 heavy (non-hydrogen) atoms. The number of nitrogens with one attached hydrogen (secondary N) is 2. The molecule has 1 aromatic carbocycles. The SMILES string of the molecule is CCC(C)(C)C1CCC(NC(=O)C[C@H](NC(C)=O)c2ccccc2)CC1. The maximum absolute atomic E-state index is 12.5. The highest BCUT2D eigenvalue weighted by Gasteiger charge is 2.32. The Morgan fingerprint density at radius 2 is 1.73 bits per heavy atom. The van der Waals surface area contributed by atoms with E-state index in [1.54, 1.807) is 0 Å². The van der Waals surface area contributed by atoms with Gasteiger partial charge >= 0.3 is 0 Å². The molecular formula is C22H34N2O2. The highest BCUT2D eigenvalue weighted by molar-refractivity contribution is 5.79. The van der Waals surface area contributed by atoms with Crippen LogP contribution in [-0.4, -0.2) is 17.9 Å². The standard InChI is InChI=1S/C22H34N2O2/c1-5-22(3,4)18-11-13-19(14-12-18)24-21(26)15-20(23-16(2)25)17-9-7-6-8-10-17/h6-10,18-20H,5,11-15H2,1-4H3,(H,23,25)(H,24,26)/t18?,19?,20-/m0/s1. The van der Waals surface area contributed by atoms with Crippen molar-refractivity contribution in [1.29, 1.82) is 0 Å². The van der Waals surface area contributed by atoms with Gasteiger partial charge in [-0.15, -0.1) is 0 Å². The summed E-state index contributed by atoms with van der Waals surface area (Å²) in [6, 6.07) is 9.68. The topological polar surface area (TPSA) is 58.2 Å². The van der Waals surface area contributed by atoms with Crippen LogP contribution in [-0.2, 0) is 9.59 Å². The largest absolute Gasteiger partial charge is 0.353 e. The molecule has 2 rings (SSSR count). The molecule has 1 saturated carbocycles. The number of hydrogen-bond acceptors (Lipinski definition) is 2. The fourth-order valence-electron chi connectivity index (χ4n) is 3.96. The smallest absolute Gasteiger partial charge is 0.222 e. The molecule has 0 saturated heterocycles. The summed E-state index contributed by atoms with van der Waals surface area (Å²) in [5.41, 5.74) is 1.35. The van der Waals surface area contributed by atoms with E-state index in [2.05, 4.69) is 31.4 Å². The van der Waals surface area contributed by atoms with Gasteiger partial charge in [-0.1, -0.05) is 57.5 Å². The van der Waals surface area contributed by atoms with Crippen molar-refractivity contribution in [2.75, 3.05) is 0 Å². The van der Waals surface area contributed by atoms with Crippen molar-refractivity contribution < 1.29 is 9.59 Å². The van der Waals surface area contributed by atoms with Crippen LogP contribution in [0.5, 0.6) is 0 Å². The highest BCUT2D eigenvalue weighted by atomic mass is 16.2. The molecule has 4 heteroatoms. The highest BCUT2D eigenvalue weighted by Crippen LogP contribution is 2.40. The van der Waals surface area contributed by atoms with Crippen molar-refractivity contribution in [3.63, 3.8) is 0 Å². The van der Waals surface area contributed by atoms with Crippen molar-refractivity contribution in [2.45, 2.75) is 78.3 Å². The van der Waals surface area contributed by atoms with Gasteiger partial charge < -0.3 is 10.6 Å². The molecule has 0 bridgehead atoms. The van der Waals surface area contributed by atoms with E-state index in [4.69, 9.17) is 0 Å². The lowest BCUT2D eigenvalue weighted by molar-refractivity contribution is -0.123. The van der Waals surface area contributed by atoms with Crippen LogP contribution < -0.4 is 10.6 Å². The minimum absolute atomic E-state index is 0.0193. The fraction of sp³-hybridized carbons (Fsp3) is 0.636. The van der Waals surface area contributed by atoms with Crippen LogP contribution in [0.1, 0.15) is 77.8 Å².